The van der Waals surface area contributed by atoms with Gasteiger partial charge in [0.05, 0.1) is 9.82 Å². The minimum absolute atomic E-state index is 0.153. The average molecular weight is 396 g/mol. The third kappa shape index (κ3) is 4.12. The highest BCUT2D eigenvalue weighted by Gasteiger charge is 2.24. The van der Waals surface area contributed by atoms with Gasteiger partial charge >= 0.3 is 0 Å². The predicted octanol–water partition coefficient (Wildman–Crippen LogP) is 2.94. The van der Waals surface area contributed by atoms with Crippen molar-refractivity contribution in [2.75, 3.05) is 4.72 Å². The van der Waals surface area contributed by atoms with Gasteiger partial charge in [-0.25, -0.2) is 8.42 Å². The van der Waals surface area contributed by atoms with Crippen molar-refractivity contribution >= 4 is 38.9 Å². The molecule has 1 aliphatic carbocycles. The Morgan fingerprint density at radius 3 is 2.38 bits per heavy atom. The third-order valence-electron chi connectivity index (χ3n) is 3.74. The van der Waals surface area contributed by atoms with E-state index in [1.807, 2.05) is 0 Å². The molecule has 0 atom stereocenters. The summed E-state index contributed by atoms with van der Waals surface area (Å²) in [5.41, 5.74) is 0.147. The van der Waals surface area contributed by atoms with Crippen LogP contribution in [0.3, 0.4) is 0 Å². The number of halogens is 1. The van der Waals surface area contributed by atoms with Crippen LogP contribution in [0.15, 0.2) is 47.4 Å². The zero-order valence-corrected chi connectivity index (χ0v) is 14.9. The number of nitro benzene ring substituents is 1. The number of sulfonamides is 1. The largest absolute Gasteiger partial charge is 0.349 e. The Kier molecular flexibility index (Phi) is 4.84. The van der Waals surface area contributed by atoms with E-state index in [1.54, 1.807) is 0 Å². The van der Waals surface area contributed by atoms with Gasteiger partial charge in [0.25, 0.3) is 21.6 Å². The molecule has 0 saturated heterocycles. The molecule has 1 amide bonds. The molecule has 0 spiro atoms. The highest BCUT2D eigenvalue weighted by atomic mass is 35.5. The fourth-order valence-electron chi connectivity index (χ4n) is 2.20. The van der Waals surface area contributed by atoms with E-state index in [0.29, 0.717) is 5.56 Å². The van der Waals surface area contributed by atoms with Gasteiger partial charge in [-0.3, -0.25) is 19.6 Å². The lowest BCUT2D eigenvalue weighted by Crippen LogP contribution is -2.25. The quantitative estimate of drug-likeness (QED) is 0.575. The molecular formula is C16H14ClN3O5S. The van der Waals surface area contributed by atoms with E-state index in [4.69, 9.17) is 11.6 Å². The SMILES string of the molecule is O=C(NC1CC1)c1ccc(NS(=O)(=O)c2ccc(Cl)c([N+](=O)[O-])c2)cc1. The number of carbonyl (C=O) groups excluding carboxylic acids is 1. The minimum Gasteiger partial charge on any atom is -0.349 e. The second-order valence-electron chi connectivity index (χ2n) is 5.80. The molecule has 1 aliphatic rings. The van der Waals surface area contributed by atoms with E-state index < -0.39 is 20.6 Å². The van der Waals surface area contributed by atoms with E-state index >= 15 is 0 Å². The molecule has 3 rings (SSSR count). The number of nitrogens with one attached hydrogen (secondary N) is 2. The summed E-state index contributed by atoms with van der Waals surface area (Å²) in [6.45, 7) is 0. The predicted molar refractivity (Wildman–Crippen MR) is 95.8 cm³/mol. The molecule has 2 N–H and O–H groups in total. The first-order chi connectivity index (χ1) is 12.3. The van der Waals surface area contributed by atoms with E-state index in [0.717, 1.165) is 25.0 Å². The van der Waals surface area contributed by atoms with Gasteiger partial charge < -0.3 is 5.32 Å². The number of nitrogens with zero attached hydrogens (tertiary/aromatic N) is 1. The maximum Gasteiger partial charge on any atom is 0.289 e. The van der Waals surface area contributed by atoms with Crippen molar-refractivity contribution in [3.8, 4) is 0 Å². The van der Waals surface area contributed by atoms with E-state index in [9.17, 15) is 23.3 Å². The standard InChI is InChI=1S/C16H14ClN3O5S/c17-14-8-7-13(9-15(14)20(22)23)26(24,25)19-12-3-1-10(2-4-12)16(21)18-11-5-6-11/h1-4,7-9,11,19H,5-6H2,(H,18,21). The van der Waals surface area contributed by atoms with Crippen LogP contribution in [0.4, 0.5) is 11.4 Å². The summed E-state index contributed by atoms with van der Waals surface area (Å²) in [5, 5.41) is 13.6. The zero-order valence-electron chi connectivity index (χ0n) is 13.3. The van der Waals surface area contributed by atoms with Crippen LogP contribution in [0.25, 0.3) is 0 Å². The van der Waals surface area contributed by atoms with Gasteiger partial charge in [-0.1, -0.05) is 11.6 Å². The smallest absolute Gasteiger partial charge is 0.289 e. The van der Waals surface area contributed by atoms with Crippen LogP contribution in [-0.4, -0.2) is 25.3 Å². The average Bonchev–Trinajstić information content (AvgIpc) is 3.39. The van der Waals surface area contributed by atoms with Crippen LogP contribution in [0, 0.1) is 10.1 Å². The molecule has 10 heteroatoms. The summed E-state index contributed by atoms with van der Waals surface area (Å²) in [4.78, 5) is 21.8. The zero-order chi connectivity index (χ0) is 18.9. The van der Waals surface area contributed by atoms with Gasteiger partial charge in [0, 0.05) is 23.4 Å². The molecule has 1 saturated carbocycles. The summed E-state index contributed by atoms with van der Waals surface area (Å²) in [7, 11) is -4.04. The summed E-state index contributed by atoms with van der Waals surface area (Å²) in [5.74, 6) is -0.213. The molecule has 0 radical (unpaired) electrons. The van der Waals surface area contributed by atoms with Crippen LogP contribution in [0.1, 0.15) is 23.2 Å². The summed E-state index contributed by atoms with van der Waals surface area (Å²) >= 11 is 5.69. The normalized spacial score (nSPS) is 13.9. The summed E-state index contributed by atoms with van der Waals surface area (Å²) in [6.07, 6.45) is 1.94. The Balaban J connectivity index is 1.77. The fraction of sp³-hybridized carbons (Fsp3) is 0.188. The van der Waals surface area contributed by atoms with E-state index in [1.165, 1.54) is 30.3 Å². The highest BCUT2D eigenvalue weighted by Crippen LogP contribution is 2.28. The minimum atomic E-state index is -4.04. The van der Waals surface area contributed by atoms with Crippen LogP contribution >= 0.6 is 11.6 Å². The molecule has 0 bridgehead atoms. The van der Waals surface area contributed by atoms with Gasteiger partial charge in [0.1, 0.15) is 5.02 Å². The molecule has 2 aromatic carbocycles. The van der Waals surface area contributed by atoms with Crippen LogP contribution in [0.5, 0.6) is 0 Å². The second kappa shape index (κ2) is 6.93. The van der Waals surface area contributed by atoms with Crippen LogP contribution in [0.2, 0.25) is 5.02 Å². The van der Waals surface area contributed by atoms with Crippen molar-refractivity contribution in [3.05, 3.63) is 63.2 Å². The van der Waals surface area contributed by atoms with Crippen LogP contribution < -0.4 is 10.0 Å². The van der Waals surface area contributed by atoms with Gasteiger partial charge in [-0.05, 0) is 49.2 Å². The van der Waals surface area contributed by atoms with Crippen molar-refractivity contribution in [2.45, 2.75) is 23.8 Å². The van der Waals surface area contributed by atoms with E-state index in [2.05, 4.69) is 10.0 Å². The number of hydrogen-bond acceptors (Lipinski definition) is 5. The van der Waals surface area contributed by atoms with Gasteiger partial charge in [-0.15, -0.1) is 0 Å². The van der Waals surface area contributed by atoms with Crippen molar-refractivity contribution in [1.82, 2.24) is 5.32 Å². The number of hydrogen-bond donors (Lipinski definition) is 2. The Hall–Kier alpha value is -2.65. The number of anilines is 1. The Morgan fingerprint density at radius 1 is 1.15 bits per heavy atom. The first-order valence-corrected chi connectivity index (χ1v) is 9.50. The monoisotopic (exact) mass is 395 g/mol. The van der Waals surface area contributed by atoms with Gasteiger partial charge in [0.15, 0.2) is 0 Å². The highest BCUT2D eigenvalue weighted by molar-refractivity contribution is 7.92. The topological polar surface area (TPSA) is 118 Å². The number of nitro groups is 1. The Morgan fingerprint density at radius 2 is 1.81 bits per heavy atom. The third-order valence-corrected chi connectivity index (χ3v) is 5.44. The van der Waals surface area contributed by atoms with Crippen molar-refractivity contribution in [2.24, 2.45) is 0 Å². The molecule has 0 unspecified atom stereocenters. The molecule has 26 heavy (non-hydrogen) atoms. The summed E-state index contributed by atoms with van der Waals surface area (Å²) in [6, 6.07) is 9.34. The molecule has 136 valence electrons. The molecule has 1 fully saturated rings. The number of amides is 1. The lowest BCUT2D eigenvalue weighted by Gasteiger charge is -2.09. The first kappa shape index (κ1) is 18.2. The lowest BCUT2D eigenvalue weighted by atomic mass is 10.2. The molecular weight excluding hydrogens is 382 g/mol. The molecule has 8 nitrogen and oxygen atoms in total. The van der Waals surface area contributed by atoms with Crippen molar-refractivity contribution < 1.29 is 18.1 Å². The number of benzene rings is 2. The molecule has 0 heterocycles. The Bertz CT molecular complexity index is 972. The second-order valence-corrected chi connectivity index (χ2v) is 7.89. The van der Waals surface area contributed by atoms with Gasteiger partial charge in [-0.2, -0.15) is 0 Å². The van der Waals surface area contributed by atoms with Crippen molar-refractivity contribution in [1.29, 1.82) is 0 Å². The number of carbonyl (C=O) groups is 1. The Labute approximate surface area is 154 Å². The molecule has 0 aliphatic heterocycles. The van der Waals surface area contributed by atoms with E-state index in [-0.39, 0.29) is 27.6 Å². The maximum absolute atomic E-state index is 12.4. The lowest BCUT2D eigenvalue weighted by molar-refractivity contribution is -0.384. The molecule has 0 aromatic heterocycles. The van der Waals surface area contributed by atoms with Gasteiger partial charge in [0.2, 0.25) is 0 Å². The molecule has 2 aromatic rings. The maximum atomic E-state index is 12.4. The summed E-state index contributed by atoms with van der Waals surface area (Å²) < 4.78 is 27.1. The van der Waals surface area contributed by atoms with Crippen molar-refractivity contribution in [3.63, 3.8) is 0 Å². The number of rotatable bonds is 6. The van der Waals surface area contributed by atoms with Crippen LogP contribution in [-0.2, 0) is 10.0 Å². The first-order valence-electron chi connectivity index (χ1n) is 7.64. The fourth-order valence-corrected chi connectivity index (χ4v) is 3.46.